The molecule has 46 heavy (non-hydrogen) atoms. The largest absolute Gasteiger partial charge is 0.493 e. The normalized spacial score (nSPS) is 11.0. The third-order valence-corrected chi connectivity index (χ3v) is 5.81. The van der Waals surface area contributed by atoms with Crippen LogP contribution in [0.4, 0.5) is 13.2 Å². The second-order valence-corrected chi connectivity index (χ2v) is 9.09. The molecule has 248 valence electrons. The number of benzene rings is 2. The molecule has 12 nitrogen and oxygen atoms in total. The molecule has 1 heterocycles. The summed E-state index contributed by atoms with van der Waals surface area (Å²) in [7, 11) is 6.42. The van der Waals surface area contributed by atoms with Crippen LogP contribution in [0, 0.1) is 5.41 Å². The van der Waals surface area contributed by atoms with Crippen LogP contribution in [0.1, 0.15) is 35.4 Å². The molecule has 0 radical (unpaired) electrons. The molecule has 0 saturated heterocycles. The fourth-order valence-corrected chi connectivity index (χ4v) is 3.59. The predicted molar refractivity (Wildman–Crippen MR) is 167 cm³/mol. The van der Waals surface area contributed by atoms with Gasteiger partial charge in [-0.1, -0.05) is 24.3 Å². The van der Waals surface area contributed by atoms with Crippen molar-refractivity contribution >= 4 is 36.2 Å². The molecular formula is C31H36F3N5O7. The molecule has 1 aromatic heterocycles. The molecule has 0 aliphatic heterocycles. The molecule has 0 atom stereocenters. The third kappa shape index (κ3) is 12.6. The van der Waals surface area contributed by atoms with Crippen LogP contribution < -0.4 is 34.7 Å². The first-order valence-electron chi connectivity index (χ1n) is 13.6. The van der Waals surface area contributed by atoms with Gasteiger partial charge in [0.15, 0.2) is 29.0 Å². The van der Waals surface area contributed by atoms with Gasteiger partial charge in [0.05, 0.1) is 46.4 Å². The molecule has 0 aliphatic rings. The SMILES string of the molecule is COc1ccc(C=Cc2cc(C=Cc3ccc(OC)c(OC)c3)nc(OCCCCNC(=N)N)n2)cc1OC.O=C(O)C(F)(F)F. The number of aliphatic carboxylic acids is 1. The van der Waals surface area contributed by atoms with Crippen LogP contribution in [-0.2, 0) is 4.79 Å². The zero-order chi connectivity index (χ0) is 34.1. The number of carboxylic acid groups (broad SMARTS) is 1. The van der Waals surface area contributed by atoms with Crippen molar-refractivity contribution in [3.63, 3.8) is 0 Å². The van der Waals surface area contributed by atoms with Gasteiger partial charge < -0.3 is 39.8 Å². The minimum absolute atomic E-state index is 0.0425. The van der Waals surface area contributed by atoms with E-state index in [0.717, 1.165) is 24.0 Å². The number of carboxylic acids is 1. The second-order valence-electron chi connectivity index (χ2n) is 9.09. The Morgan fingerprint density at radius 3 is 1.67 bits per heavy atom. The van der Waals surface area contributed by atoms with Crippen molar-refractivity contribution in [1.82, 2.24) is 15.3 Å². The number of alkyl halides is 3. The van der Waals surface area contributed by atoms with Crippen molar-refractivity contribution in [2.24, 2.45) is 5.73 Å². The summed E-state index contributed by atoms with van der Waals surface area (Å²) in [6.45, 7) is 1.04. The van der Waals surface area contributed by atoms with Crippen LogP contribution in [0.3, 0.4) is 0 Å². The lowest BCUT2D eigenvalue weighted by Crippen LogP contribution is -2.31. The van der Waals surface area contributed by atoms with Gasteiger partial charge in [-0.05, 0) is 66.5 Å². The number of carbonyl (C=O) groups is 1. The van der Waals surface area contributed by atoms with Crippen LogP contribution in [0.25, 0.3) is 24.3 Å². The summed E-state index contributed by atoms with van der Waals surface area (Å²) in [5.41, 5.74) is 8.53. The third-order valence-electron chi connectivity index (χ3n) is 5.81. The van der Waals surface area contributed by atoms with Gasteiger partial charge in [-0.2, -0.15) is 23.1 Å². The second kappa shape index (κ2) is 18.4. The lowest BCUT2D eigenvalue weighted by atomic mass is 10.1. The zero-order valence-electron chi connectivity index (χ0n) is 25.7. The molecule has 2 aromatic carbocycles. The van der Waals surface area contributed by atoms with E-state index >= 15 is 0 Å². The average Bonchev–Trinajstić information content (AvgIpc) is 3.03. The number of unbranched alkanes of at least 4 members (excludes halogenated alkanes) is 1. The maximum Gasteiger partial charge on any atom is 0.490 e. The van der Waals surface area contributed by atoms with Gasteiger partial charge in [-0.15, -0.1) is 0 Å². The average molecular weight is 648 g/mol. The zero-order valence-corrected chi connectivity index (χ0v) is 25.7. The fraction of sp³-hybridized carbons (Fsp3) is 0.290. The molecule has 3 rings (SSSR count). The maximum absolute atomic E-state index is 10.6. The van der Waals surface area contributed by atoms with Crippen molar-refractivity contribution in [3.8, 4) is 29.0 Å². The van der Waals surface area contributed by atoms with Crippen molar-refractivity contribution in [2.45, 2.75) is 19.0 Å². The first-order valence-corrected chi connectivity index (χ1v) is 13.6. The first kappa shape index (κ1) is 36.7. The maximum atomic E-state index is 10.6. The molecule has 0 fully saturated rings. The van der Waals surface area contributed by atoms with Gasteiger partial charge in [-0.3, -0.25) is 5.41 Å². The molecule has 0 saturated carbocycles. The predicted octanol–water partition coefficient (Wildman–Crippen LogP) is 5.13. The summed E-state index contributed by atoms with van der Waals surface area (Å²) in [6, 6.07) is 13.5. The Morgan fingerprint density at radius 1 is 0.826 bits per heavy atom. The number of rotatable bonds is 14. The molecule has 3 aromatic rings. The van der Waals surface area contributed by atoms with Crippen molar-refractivity contribution in [3.05, 3.63) is 65.0 Å². The summed E-state index contributed by atoms with van der Waals surface area (Å²) < 4.78 is 59.0. The van der Waals surface area contributed by atoms with E-state index in [1.165, 1.54) is 0 Å². The number of hydrogen-bond donors (Lipinski definition) is 4. The van der Waals surface area contributed by atoms with Gasteiger partial charge in [0.25, 0.3) is 0 Å². The van der Waals surface area contributed by atoms with Crippen LogP contribution >= 0.6 is 0 Å². The molecule has 0 bridgehead atoms. The van der Waals surface area contributed by atoms with Gasteiger partial charge in [0.1, 0.15) is 0 Å². The van der Waals surface area contributed by atoms with Crippen molar-refractivity contribution in [2.75, 3.05) is 41.6 Å². The molecule has 15 heteroatoms. The van der Waals surface area contributed by atoms with E-state index in [9.17, 15) is 13.2 Å². The van der Waals surface area contributed by atoms with E-state index < -0.39 is 12.1 Å². The Hall–Kier alpha value is -5.47. The number of hydrogen-bond acceptors (Lipinski definition) is 9. The number of ether oxygens (including phenoxy) is 5. The van der Waals surface area contributed by atoms with Gasteiger partial charge in [0.2, 0.25) is 0 Å². The summed E-state index contributed by atoms with van der Waals surface area (Å²) >= 11 is 0. The van der Waals surface area contributed by atoms with Gasteiger partial charge in [-0.25, -0.2) is 4.79 Å². The van der Waals surface area contributed by atoms with Gasteiger partial charge in [0, 0.05) is 6.54 Å². The number of aromatic nitrogens is 2. The van der Waals surface area contributed by atoms with E-state index in [2.05, 4.69) is 15.3 Å². The van der Waals surface area contributed by atoms with Crippen LogP contribution in [0.15, 0.2) is 42.5 Å². The van der Waals surface area contributed by atoms with E-state index in [1.807, 2.05) is 66.8 Å². The van der Waals surface area contributed by atoms with Crippen molar-refractivity contribution in [1.29, 1.82) is 5.41 Å². The van der Waals surface area contributed by atoms with Crippen LogP contribution in [0.2, 0.25) is 0 Å². The topological polar surface area (TPSA) is 171 Å². The Bertz CT molecular complexity index is 1430. The minimum Gasteiger partial charge on any atom is -0.493 e. The lowest BCUT2D eigenvalue weighted by Gasteiger charge is -2.09. The summed E-state index contributed by atoms with van der Waals surface area (Å²) in [4.78, 5) is 18.0. The lowest BCUT2D eigenvalue weighted by molar-refractivity contribution is -0.192. The minimum atomic E-state index is -5.08. The highest BCUT2D eigenvalue weighted by molar-refractivity contribution is 5.74. The summed E-state index contributed by atoms with van der Waals surface area (Å²) in [5, 5.41) is 17.1. The van der Waals surface area contributed by atoms with Crippen LogP contribution in [0.5, 0.6) is 29.0 Å². The van der Waals surface area contributed by atoms with E-state index in [-0.39, 0.29) is 12.0 Å². The number of nitrogens with zero attached hydrogens (tertiary/aromatic N) is 2. The Labute approximate surface area is 264 Å². The highest BCUT2D eigenvalue weighted by atomic mass is 19.4. The standard InChI is InChI=1S/C29H35N5O5.C2HF3O2/c1-35-24-13-9-20(17-26(24)37-3)7-11-22-19-23(12-8-21-10-14-25(36-2)27(18-21)38-4)34-29(33-22)39-16-6-5-15-32-28(30)31;3-2(4,5)1(6)7/h7-14,17-19H,5-6,15-16H2,1-4H3,(H4,30,31,32);(H,6,7). The molecule has 0 amide bonds. The number of halogens is 3. The van der Waals surface area contributed by atoms with Gasteiger partial charge >= 0.3 is 18.2 Å². The van der Waals surface area contributed by atoms with E-state index in [4.69, 9.17) is 44.7 Å². The quantitative estimate of drug-likeness (QED) is 0.104. The molecule has 0 unspecified atom stereocenters. The Balaban J connectivity index is 0.000000942. The Kier molecular flexibility index (Phi) is 14.7. The Morgan fingerprint density at radius 2 is 1.28 bits per heavy atom. The summed E-state index contributed by atoms with van der Waals surface area (Å²) in [5.74, 6) is -0.193. The number of methoxy groups -OCH3 is 4. The fourth-order valence-electron chi connectivity index (χ4n) is 3.59. The summed E-state index contributed by atoms with van der Waals surface area (Å²) in [6.07, 6.45) is 4.12. The van der Waals surface area contributed by atoms with Crippen LogP contribution in [-0.4, -0.2) is 74.8 Å². The number of nitrogens with two attached hydrogens (primary N) is 1. The number of nitrogens with one attached hydrogen (secondary N) is 2. The molecule has 0 spiro atoms. The number of guanidine groups is 1. The highest BCUT2D eigenvalue weighted by Crippen LogP contribution is 2.29. The van der Waals surface area contributed by atoms with Crippen molar-refractivity contribution < 1.29 is 46.8 Å². The molecule has 0 aliphatic carbocycles. The smallest absolute Gasteiger partial charge is 0.490 e. The molecule has 5 N–H and O–H groups in total. The first-order chi connectivity index (χ1) is 21.9. The molecular weight excluding hydrogens is 611 g/mol. The highest BCUT2D eigenvalue weighted by Gasteiger charge is 2.38. The van der Waals surface area contributed by atoms with E-state index in [1.54, 1.807) is 28.4 Å². The monoisotopic (exact) mass is 647 g/mol. The van der Waals surface area contributed by atoms with E-state index in [0.29, 0.717) is 47.5 Å².